The van der Waals surface area contributed by atoms with Gasteiger partial charge in [0, 0.05) is 0 Å². The summed E-state index contributed by atoms with van der Waals surface area (Å²) in [5, 5.41) is 10.2. The number of allylic oxidation sites excluding steroid dienone is 1. The van der Waals surface area contributed by atoms with Gasteiger partial charge in [-0.15, -0.1) is 6.58 Å². The number of para-hydroxylation sites is 1. The van der Waals surface area contributed by atoms with Gasteiger partial charge in [0.2, 0.25) is 0 Å². The Morgan fingerprint density at radius 2 is 2.10 bits per heavy atom. The monoisotopic (exact) mass is 290 g/mol. The van der Waals surface area contributed by atoms with Gasteiger partial charge in [-0.1, -0.05) is 31.2 Å². The second-order valence-electron chi connectivity index (χ2n) is 6.20. The quantitative estimate of drug-likeness (QED) is 0.746. The molecule has 1 fully saturated rings. The highest BCUT2D eigenvalue weighted by atomic mass is 16.5. The van der Waals surface area contributed by atoms with Gasteiger partial charge in [-0.05, 0) is 36.8 Å². The van der Waals surface area contributed by atoms with Crippen molar-refractivity contribution in [2.45, 2.75) is 32.3 Å². The van der Waals surface area contributed by atoms with Crippen LogP contribution in [0.2, 0.25) is 0 Å². The first kappa shape index (κ1) is 16.1. The topological polar surface area (TPSA) is 33.9 Å². The second-order valence-corrected chi connectivity index (χ2v) is 6.20. The fourth-order valence-electron chi connectivity index (χ4n) is 2.92. The third-order valence-electron chi connectivity index (χ3n) is 4.27. The van der Waals surface area contributed by atoms with E-state index in [2.05, 4.69) is 13.5 Å². The number of nitrogens with one attached hydrogen (secondary N) is 1. The van der Waals surface area contributed by atoms with E-state index < -0.39 is 6.10 Å². The highest BCUT2D eigenvalue weighted by molar-refractivity contribution is 5.34. The third-order valence-corrected chi connectivity index (χ3v) is 4.27. The van der Waals surface area contributed by atoms with E-state index in [1.807, 2.05) is 30.3 Å². The first-order valence-electron chi connectivity index (χ1n) is 8.02. The molecule has 0 bridgehead atoms. The SMILES string of the molecule is C=CCc1ccccc1OC[C@@H](O)C[NH+]1CCC(C)CC1. The summed E-state index contributed by atoms with van der Waals surface area (Å²) in [6.07, 6.45) is 4.81. The maximum Gasteiger partial charge on any atom is 0.137 e. The number of benzene rings is 1. The maximum absolute atomic E-state index is 10.2. The summed E-state index contributed by atoms with van der Waals surface area (Å²) in [6, 6.07) is 7.97. The molecule has 3 heteroatoms. The van der Waals surface area contributed by atoms with Crippen molar-refractivity contribution in [3.8, 4) is 5.75 Å². The lowest BCUT2D eigenvalue weighted by molar-refractivity contribution is -0.909. The van der Waals surface area contributed by atoms with E-state index in [9.17, 15) is 5.11 Å². The van der Waals surface area contributed by atoms with E-state index in [1.54, 1.807) is 0 Å². The van der Waals surface area contributed by atoms with Crippen molar-refractivity contribution in [1.29, 1.82) is 0 Å². The van der Waals surface area contributed by atoms with Gasteiger partial charge in [0.1, 0.15) is 25.0 Å². The smallest absolute Gasteiger partial charge is 0.137 e. The largest absolute Gasteiger partial charge is 0.490 e. The van der Waals surface area contributed by atoms with Crippen molar-refractivity contribution in [3.05, 3.63) is 42.5 Å². The van der Waals surface area contributed by atoms with Crippen LogP contribution in [0, 0.1) is 5.92 Å². The van der Waals surface area contributed by atoms with Gasteiger partial charge < -0.3 is 14.7 Å². The molecule has 1 saturated heterocycles. The molecule has 0 aliphatic carbocycles. The van der Waals surface area contributed by atoms with Crippen LogP contribution in [-0.2, 0) is 6.42 Å². The van der Waals surface area contributed by atoms with Crippen molar-refractivity contribution in [3.63, 3.8) is 0 Å². The molecule has 0 radical (unpaired) electrons. The normalized spacial score (nSPS) is 23.5. The number of aliphatic hydroxyl groups excluding tert-OH is 1. The summed E-state index contributed by atoms with van der Waals surface area (Å²) in [4.78, 5) is 1.50. The number of piperidine rings is 1. The zero-order valence-electron chi connectivity index (χ0n) is 13.1. The highest BCUT2D eigenvalue weighted by Gasteiger charge is 2.21. The predicted molar refractivity (Wildman–Crippen MR) is 85.8 cm³/mol. The van der Waals surface area contributed by atoms with Crippen molar-refractivity contribution in [1.82, 2.24) is 0 Å². The second kappa shape index (κ2) is 8.20. The van der Waals surface area contributed by atoms with Crippen LogP contribution in [0.15, 0.2) is 36.9 Å². The molecule has 3 nitrogen and oxygen atoms in total. The number of hydrogen-bond acceptors (Lipinski definition) is 2. The van der Waals surface area contributed by atoms with Crippen LogP contribution >= 0.6 is 0 Å². The average molecular weight is 290 g/mol. The molecule has 0 aromatic heterocycles. The summed E-state index contributed by atoms with van der Waals surface area (Å²) in [7, 11) is 0. The molecule has 21 heavy (non-hydrogen) atoms. The first-order chi connectivity index (χ1) is 10.2. The van der Waals surface area contributed by atoms with Crippen LogP contribution in [0.3, 0.4) is 0 Å². The lowest BCUT2D eigenvalue weighted by Crippen LogP contribution is -3.14. The highest BCUT2D eigenvalue weighted by Crippen LogP contribution is 2.18. The third kappa shape index (κ3) is 5.18. The van der Waals surface area contributed by atoms with E-state index >= 15 is 0 Å². The van der Waals surface area contributed by atoms with Crippen molar-refractivity contribution < 1.29 is 14.7 Å². The summed E-state index contributed by atoms with van der Waals surface area (Å²) >= 11 is 0. The molecule has 2 rings (SSSR count). The molecule has 1 aromatic carbocycles. The van der Waals surface area contributed by atoms with Crippen molar-refractivity contribution in [2.24, 2.45) is 5.92 Å². The van der Waals surface area contributed by atoms with E-state index in [4.69, 9.17) is 4.74 Å². The first-order valence-corrected chi connectivity index (χ1v) is 8.02. The number of hydrogen-bond donors (Lipinski definition) is 2. The van der Waals surface area contributed by atoms with Crippen LogP contribution in [0.25, 0.3) is 0 Å². The zero-order chi connectivity index (χ0) is 15.1. The van der Waals surface area contributed by atoms with Gasteiger partial charge >= 0.3 is 0 Å². The minimum atomic E-state index is -0.398. The van der Waals surface area contributed by atoms with Crippen LogP contribution < -0.4 is 9.64 Å². The van der Waals surface area contributed by atoms with Crippen LogP contribution in [0.4, 0.5) is 0 Å². The molecule has 2 N–H and O–H groups in total. The molecule has 0 spiro atoms. The molecular weight excluding hydrogens is 262 g/mol. The van der Waals surface area contributed by atoms with Crippen molar-refractivity contribution >= 4 is 0 Å². The summed E-state index contributed by atoms with van der Waals surface area (Å²) in [5.74, 6) is 1.70. The molecule has 1 atom stereocenters. The van der Waals surface area contributed by atoms with E-state index in [-0.39, 0.29) is 0 Å². The molecule has 1 aromatic rings. The number of rotatable bonds is 7. The Labute approximate surface area is 128 Å². The van der Waals surface area contributed by atoms with E-state index in [0.29, 0.717) is 6.61 Å². The van der Waals surface area contributed by atoms with E-state index in [0.717, 1.165) is 30.2 Å². The Morgan fingerprint density at radius 3 is 2.81 bits per heavy atom. The fourth-order valence-corrected chi connectivity index (χ4v) is 2.92. The lowest BCUT2D eigenvalue weighted by atomic mass is 9.99. The zero-order valence-corrected chi connectivity index (χ0v) is 13.1. The minimum absolute atomic E-state index is 0.368. The molecule has 0 amide bonds. The summed E-state index contributed by atoms with van der Waals surface area (Å²) in [5.41, 5.74) is 1.12. The maximum atomic E-state index is 10.2. The van der Waals surface area contributed by atoms with Gasteiger partial charge in [0.25, 0.3) is 0 Å². The van der Waals surface area contributed by atoms with Gasteiger partial charge in [-0.25, -0.2) is 0 Å². The predicted octanol–water partition coefficient (Wildman–Crippen LogP) is 1.47. The summed E-state index contributed by atoms with van der Waals surface area (Å²) < 4.78 is 5.80. The number of aliphatic hydroxyl groups is 1. The van der Waals surface area contributed by atoms with Gasteiger partial charge in [0.05, 0.1) is 13.1 Å². The average Bonchev–Trinajstić information content (AvgIpc) is 2.49. The number of quaternary nitrogens is 1. The number of likely N-dealkylation sites (tertiary alicyclic amines) is 1. The Balaban J connectivity index is 1.78. The Morgan fingerprint density at radius 1 is 1.38 bits per heavy atom. The van der Waals surface area contributed by atoms with Crippen LogP contribution in [0.1, 0.15) is 25.3 Å². The Bertz CT molecular complexity index is 439. The van der Waals surface area contributed by atoms with Gasteiger partial charge in [-0.3, -0.25) is 0 Å². The molecule has 1 heterocycles. The molecule has 1 aliphatic heterocycles. The van der Waals surface area contributed by atoms with Crippen molar-refractivity contribution in [2.75, 3.05) is 26.2 Å². The van der Waals surface area contributed by atoms with Crippen LogP contribution in [-0.4, -0.2) is 37.5 Å². The molecular formula is C18H28NO2+. The fraction of sp³-hybridized carbons (Fsp3) is 0.556. The van der Waals surface area contributed by atoms with Gasteiger partial charge in [-0.2, -0.15) is 0 Å². The lowest BCUT2D eigenvalue weighted by Gasteiger charge is -2.28. The number of ether oxygens (including phenoxy) is 1. The Hall–Kier alpha value is -1.32. The van der Waals surface area contributed by atoms with Gasteiger partial charge in [0.15, 0.2) is 0 Å². The Kier molecular flexibility index (Phi) is 6.27. The minimum Gasteiger partial charge on any atom is -0.490 e. The molecule has 1 aliphatic rings. The summed E-state index contributed by atoms with van der Waals surface area (Å²) in [6.45, 7) is 9.58. The van der Waals surface area contributed by atoms with E-state index in [1.165, 1.54) is 30.8 Å². The molecule has 0 saturated carbocycles. The molecule has 0 unspecified atom stereocenters. The van der Waals surface area contributed by atoms with Crippen LogP contribution in [0.5, 0.6) is 5.75 Å². The molecule has 116 valence electrons. The standard InChI is InChI=1S/C18H27NO2/c1-3-6-16-7-4-5-8-18(16)21-14-17(20)13-19-11-9-15(2)10-12-19/h3-5,7-8,15,17,20H,1,6,9-14H2,2H3/p+1/t17-/m0/s1.